The third-order valence-electron chi connectivity index (χ3n) is 6.55. The van der Waals surface area contributed by atoms with E-state index in [9.17, 15) is 9.59 Å². The molecule has 5 rings (SSSR count). The molecule has 2 heterocycles. The molecule has 4 aromatic rings. The van der Waals surface area contributed by atoms with E-state index in [2.05, 4.69) is 45.1 Å². The first-order valence-corrected chi connectivity index (χ1v) is 16.3. The van der Waals surface area contributed by atoms with Crippen LogP contribution in [0.25, 0.3) is 11.8 Å². The van der Waals surface area contributed by atoms with Crippen molar-refractivity contribution in [2.45, 2.75) is 19.9 Å². The molecule has 0 saturated carbocycles. The standard InChI is InChI=1S/C33H28BrIN2O5S/c1-4-16-42-30-22(17-23(34)19-25(30)35)18-26-31(38)37-29(21-12-14-24(15-13-21)40-5-2)27(32(39)41-6-3)28(36-33(37)43-26)20-10-8-7-9-11-20/h4,7-15,17-19,29H,1,5-6,16H2,2-3H3/b26-18-/t29-/m1/s1. The molecule has 0 aliphatic carbocycles. The van der Waals surface area contributed by atoms with Gasteiger partial charge in [-0.1, -0.05) is 82.4 Å². The second-order valence-corrected chi connectivity index (χ2v) is 12.4. The number of halogens is 2. The molecular weight excluding hydrogens is 743 g/mol. The second kappa shape index (κ2) is 13.9. The van der Waals surface area contributed by atoms with Crippen LogP contribution in [0.3, 0.4) is 0 Å². The van der Waals surface area contributed by atoms with Crippen LogP contribution in [-0.2, 0) is 9.53 Å². The summed E-state index contributed by atoms with van der Waals surface area (Å²) in [7, 11) is 0. The van der Waals surface area contributed by atoms with Crippen LogP contribution in [0.1, 0.15) is 36.6 Å². The zero-order valence-corrected chi connectivity index (χ0v) is 28.1. The molecule has 0 N–H and O–H groups in total. The highest BCUT2D eigenvalue weighted by atomic mass is 127. The van der Waals surface area contributed by atoms with Gasteiger partial charge in [0.15, 0.2) is 4.80 Å². The topological polar surface area (TPSA) is 79.1 Å². The van der Waals surface area contributed by atoms with Gasteiger partial charge in [-0.25, -0.2) is 9.79 Å². The van der Waals surface area contributed by atoms with E-state index < -0.39 is 12.0 Å². The Hall–Kier alpha value is -3.48. The highest BCUT2D eigenvalue weighted by molar-refractivity contribution is 14.1. The molecule has 0 amide bonds. The van der Waals surface area contributed by atoms with E-state index in [0.717, 1.165) is 24.7 Å². The van der Waals surface area contributed by atoms with E-state index in [4.69, 9.17) is 19.2 Å². The molecule has 43 heavy (non-hydrogen) atoms. The Morgan fingerprint density at radius 2 is 1.84 bits per heavy atom. The van der Waals surface area contributed by atoms with Gasteiger partial charge < -0.3 is 14.2 Å². The highest BCUT2D eigenvalue weighted by Gasteiger charge is 2.35. The molecule has 0 bridgehead atoms. The summed E-state index contributed by atoms with van der Waals surface area (Å²) in [5, 5.41) is 0. The molecule has 0 unspecified atom stereocenters. The van der Waals surface area contributed by atoms with Crippen molar-refractivity contribution >= 4 is 67.6 Å². The number of rotatable bonds is 10. The zero-order valence-electron chi connectivity index (χ0n) is 23.5. The van der Waals surface area contributed by atoms with Gasteiger partial charge in [0, 0.05) is 15.6 Å². The normalized spacial score (nSPS) is 14.6. The minimum atomic E-state index is -0.775. The molecule has 10 heteroatoms. The van der Waals surface area contributed by atoms with Gasteiger partial charge in [0.1, 0.15) is 18.1 Å². The van der Waals surface area contributed by atoms with E-state index in [1.807, 2.05) is 73.7 Å². The molecule has 7 nitrogen and oxygen atoms in total. The first kappa shape index (κ1) is 31.0. The molecule has 220 valence electrons. The number of thiazole rings is 1. The van der Waals surface area contributed by atoms with Gasteiger partial charge >= 0.3 is 5.97 Å². The number of hydrogen-bond donors (Lipinski definition) is 0. The maximum absolute atomic E-state index is 14.2. The predicted octanol–water partition coefficient (Wildman–Crippen LogP) is 6.27. The predicted molar refractivity (Wildman–Crippen MR) is 181 cm³/mol. The summed E-state index contributed by atoms with van der Waals surface area (Å²) in [4.78, 5) is 33.3. The minimum absolute atomic E-state index is 0.180. The summed E-state index contributed by atoms with van der Waals surface area (Å²) in [5.41, 5.74) is 2.70. The number of nitrogens with zero attached hydrogens (tertiary/aromatic N) is 2. The molecule has 0 spiro atoms. The summed E-state index contributed by atoms with van der Waals surface area (Å²) in [5.74, 6) is 0.814. The molecule has 0 radical (unpaired) electrons. The molecular formula is C33H28BrIN2O5S. The number of esters is 1. The number of hydrogen-bond acceptors (Lipinski definition) is 7. The number of carbonyl (C=O) groups excluding carboxylic acids is 1. The van der Waals surface area contributed by atoms with Crippen molar-refractivity contribution in [3.8, 4) is 11.5 Å². The van der Waals surface area contributed by atoms with Gasteiger partial charge in [0.05, 0.1) is 38.6 Å². The smallest absolute Gasteiger partial charge is 0.338 e. The summed E-state index contributed by atoms with van der Waals surface area (Å²) in [6, 6.07) is 20.0. The quantitative estimate of drug-likeness (QED) is 0.108. The van der Waals surface area contributed by atoms with Crippen molar-refractivity contribution in [1.82, 2.24) is 4.57 Å². The van der Waals surface area contributed by atoms with Crippen molar-refractivity contribution < 1.29 is 19.0 Å². The lowest BCUT2D eigenvalue weighted by atomic mass is 9.93. The molecule has 1 atom stereocenters. The fourth-order valence-electron chi connectivity index (χ4n) is 4.79. The van der Waals surface area contributed by atoms with Crippen LogP contribution in [0.4, 0.5) is 0 Å². The first-order chi connectivity index (χ1) is 20.9. The number of benzene rings is 3. The summed E-state index contributed by atoms with van der Waals surface area (Å²) < 4.78 is 20.9. The van der Waals surface area contributed by atoms with E-state index in [0.29, 0.717) is 45.3 Å². The van der Waals surface area contributed by atoms with Crippen LogP contribution in [0, 0.1) is 3.57 Å². The lowest BCUT2D eigenvalue weighted by Crippen LogP contribution is -2.40. The molecule has 3 aromatic carbocycles. The van der Waals surface area contributed by atoms with E-state index in [1.165, 1.54) is 11.3 Å². The fraction of sp³-hybridized carbons (Fsp3) is 0.182. The fourth-order valence-corrected chi connectivity index (χ4v) is 7.49. The average Bonchev–Trinajstić information content (AvgIpc) is 3.31. The largest absolute Gasteiger partial charge is 0.494 e. The van der Waals surface area contributed by atoms with Gasteiger partial charge in [-0.05, 0) is 72.3 Å². The Kier molecular flexibility index (Phi) is 9.99. The Balaban J connectivity index is 1.80. The van der Waals surface area contributed by atoms with Gasteiger partial charge in [-0.3, -0.25) is 9.36 Å². The molecule has 0 saturated heterocycles. The monoisotopic (exact) mass is 770 g/mol. The van der Waals surface area contributed by atoms with Crippen LogP contribution in [0.15, 0.2) is 99.2 Å². The Morgan fingerprint density at radius 1 is 1.09 bits per heavy atom. The van der Waals surface area contributed by atoms with Gasteiger partial charge in [0.2, 0.25) is 0 Å². The van der Waals surface area contributed by atoms with E-state index >= 15 is 0 Å². The van der Waals surface area contributed by atoms with Crippen LogP contribution in [0.5, 0.6) is 11.5 Å². The lowest BCUT2D eigenvalue weighted by Gasteiger charge is -2.26. The van der Waals surface area contributed by atoms with Crippen LogP contribution in [-0.4, -0.2) is 30.4 Å². The highest BCUT2D eigenvalue weighted by Crippen LogP contribution is 2.36. The molecule has 0 fully saturated rings. The number of carbonyl (C=O) groups is 1. The van der Waals surface area contributed by atoms with Gasteiger partial charge in [-0.15, -0.1) is 0 Å². The van der Waals surface area contributed by atoms with Gasteiger partial charge in [0.25, 0.3) is 5.56 Å². The molecule has 1 aliphatic rings. The average molecular weight is 771 g/mol. The Bertz CT molecular complexity index is 1880. The van der Waals surface area contributed by atoms with Crippen molar-refractivity contribution in [3.05, 3.63) is 129 Å². The van der Waals surface area contributed by atoms with Crippen LogP contribution < -0.4 is 24.4 Å². The number of ether oxygens (including phenoxy) is 3. The lowest BCUT2D eigenvalue weighted by molar-refractivity contribution is -0.138. The minimum Gasteiger partial charge on any atom is -0.494 e. The second-order valence-electron chi connectivity index (χ2n) is 9.34. The molecule has 1 aliphatic heterocycles. The Labute approximate surface area is 275 Å². The maximum Gasteiger partial charge on any atom is 0.338 e. The van der Waals surface area contributed by atoms with Crippen LogP contribution in [0.2, 0.25) is 0 Å². The number of fused-ring (bicyclic) bond motifs is 1. The van der Waals surface area contributed by atoms with E-state index in [-0.39, 0.29) is 12.2 Å². The van der Waals surface area contributed by atoms with Crippen LogP contribution >= 0.6 is 49.9 Å². The summed E-state index contributed by atoms with van der Waals surface area (Å²) in [6.45, 7) is 8.45. The van der Waals surface area contributed by atoms with Crippen molar-refractivity contribution in [2.75, 3.05) is 19.8 Å². The van der Waals surface area contributed by atoms with Gasteiger partial charge in [-0.2, -0.15) is 0 Å². The third kappa shape index (κ3) is 6.56. The van der Waals surface area contributed by atoms with Crippen molar-refractivity contribution in [2.24, 2.45) is 4.99 Å². The zero-order chi connectivity index (χ0) is 30.5. The van der Waals surface area contributed by atoms with Crippen molar-refractivity contribution in [1.29, 1.82) is 0 Å². The molecule has 1 aromatic heterocycles. The van der Waals surface area contributed by atoms with Crippen molar-refractivity contribution in [3.63, 3.8) is 0 Å². The maximum atomic E-state index is 14.2. The van der Waals surface area contributed by atoms with E-state index in [1.54, 1.807) is 23.6 Å². The summed E-state index contributed by atoms with van der Waals surface area (Å²) >= 11 is 7.04. The number of aromatic nitrogens is 1. The SMILES string of the molecule is C=CCOc1c(I)cc(Br)cc1/C=c1\sc2n(c1=O)[C@H](c1ccc(OCC)cc1)C(C(=O)OCC)=C(c1ccccc1)N=2. The summed E-state index contributed by atoms with van der Waals surface area (Å²) in [6.07, 6.45) is 3.48. The Morgan fingerprint density at radius 3 is 2.51 bits per heavy atom. The first-order valence-electron chi connectivity index (χ1n) is 13.6. The third-order valence-corrected chi connectivity index (χ3v) is 8.79.